The molecular weight excluding hydrogens is 615 g/mol. The van der Waals surface area contributed by atoms with E-state index in [1.54, 1.807) is 0 Å². The zero-order valence-corrected chi connectivity index (χ0v) is 26.7. The molecule has 0 saturated carbocycles. The lowest BCUT2D eigenvalue weighted by Crippen LogP contribution is -2.01. The van der Waals surface area contributed by atoms with Crippen molar-refractivity contribution < 1.29 is 8.83 Å². The van der Waals surface area contributed by atoms with Crippen LogP contribution in [-0.2, 0) is 0 Å². The molecule has 5 heteroatoms. The average Bonchev–Trinajstić information content (AvgIpc) is 3.76. The molecule has 7 aromatic carbocycles. The van der Waals surface area contributed by atoms with Gasteiger partial charge >= 0.3 is 0 Å². The van der Waals surface area contributed by atoms with E-state index in [1.807, 2.05) is 97.1 Å². The van der Waals surface area contributed by atoms with Crippen LogP contribution < -0.4 is 0 Å². The molecule has 234 valence electrons. The Balaban J connectivity index is 1.28. The van der Waals surface area contributed by atoms with Crippen molar-refractivity contribution in [2.45, 2.75) is 0 Å². The monoisotopic (exact) mass is 641 g/mol. The van der Waals surface area contributed by atoms with Gasteiger partial charge < -0.3 is 8.83 Å². The third-order valence-corrected chi connectivity index (χ3v) is 9.37. The van der Waals surface area contributed by atoms with Crippen LogP contribution in [0.2, 0.25) is 0 Å². The summed E-state index contributed by atoms with van der Waals surface area (Å²) in [6.45, 7) is 0. The van der Waals surface area contributed by atoms with E-state index in [4.69, 9.17) is 23.8 Å². The van der Waals surface area contributed by atoms with Crippen molar-refractivity contribution in [3.05, 3.63) is 164 Å². The Morgan fingerprint density at radius 1 is 0.320 bits per heavy atom. The largest absolute Gasteiger partial charge is 0.456 e. The second-order valence-corrected chi connectivity index (χ2v) is 12.4. The van der Waals surface area contributed by atoms with Crippen molar-refractivity contribution in [2.24, 2.45) is 0 Å². The Morgan fingerprint density at radius 3 is 1.56 bits per heavy atom. The molecule has 5 nitrogen and oxygen atoms in total. The molecule has 0 amide bonds. The molecule has 10 aromatic rings. The third-order valence-electron chi connectivity index (χ3n) is 9.37. The fourth-order valence-corrected chi connectivity index (χ4v) is 7.04. The molecule has 50 heavy (non-hydrogen) atoms. The van der Waals surface area contributed by atoms with Gasteiger partial charge in [-0.2, -0.15) is 0 Å². The Kier molecular flexibility index (Phi) is 6.42. The van der Waals surface area contributed by atoms with Gasteiger partial charge in [0.1, 0.15) is 22.3 Å². The number of aromatic nitrogens is 3. The number of fused-ring (bicyclic) bond motifs is 6. The van der Waals surface area contributed by atoms with Crippen LogP contribution >= 0.6 is 0 Å². The first-order valence-corrected chi connectivity index (χ1v) is 16.6. The van der Waals surface area contributed by atoms with Crippen LogP contribution in [0.25, 0.3) is 100 Å². The SMILES string of the molecule is c1ccc(-c2nc(-c3ccccc3)nc(-c3cccc(-c4ccc5c(c4)oc4ccccc45)c3-c3cccc4c3oc3ccccc34)n2)cc1. The lowest BCUT2D eigenvalue weighted by Gasteiger charge is -2.17. The number of nitrogens with zero attached hydrogens (tertiary/aromatic N) is 3. The van der Waals surface area contributed by atoms with E-state index in [0.717, 1.165) is 82.8 Å². The minimum atomic E-state index is 0.576. The first-order valence-electron chi connectivity index (χ1n) is 16.6. The molecule has 0 bridgehead atoms. The zero-order chi connectivity index (χ0) is 33.0. The van der Waals surface area contributed by atoms with Crippen LogP contribution in [0.5, 0.6) is 0 Å². The van der Waals surface area contributed by atoms with Crippen LogP contribution in [0, 0.1) is 0 Å². The highest BCUT2D eigenvalue weighted by molar-refractivity contribution is 6.13. The normalized spacial score (nSPS) is 11.6. The van der Waals surface area contributed by atoms with Crippen molar-refractivity contribution in [1.29, 1.82) is 0 Å². The highest BCUT2D eigenvalue weighted by atomic mass is 16.3. The Labute approximate surface area is 287 Å². The summed E-state index contributed by atoms with van der Waals surface area (Å²) in [7, 11) is 0. The zero-order valence-electron chi connectivity index (χ0n) is 26.7. The fraction of sp³-hybridized carbons (Fsp3) is 0. The van der Waals surface area contributed by atoms with Gasteiger partial charge in [0.05, 0.1) is 0 Å². The summed E-state index contributed by atoms with van der Waals surface area (Å²) in [4.78, 5) is 15.3. The van der Waals surface area contributed by atoms with Crippen molar-refractivity contribution in [3.63, 3.8) is 0 Å². The maximum atomic E-state index is 6.64. The molecule has 0 aliphatic rings. The molecule has 0 atom stereocenters. The number of hydrogen-bond donors (Lipinski definition) is 0. The van der Waals surface area contributed by atoms with E-state index >= 15 is 0 Å². The third kappa shape index (κ3) is 4.60. The van der Waals surface area contributed by atoms with Gasteiger partial charge in [-0.05, 0) is 35.4 Å². The van der Waals surface area contributed by atoms with Crippen molar-refractivity contribution >= 4 is 43.9 Å². The molecule has 0 N–H and O–H groups in total. The maximum absolute atomic E-state index is 6.64. The van der Waals surface area contributed by atoms with Crippen LogP contribution in [-0.4, -0.2) is 15.0 Å². The van der Waals surface area contributed by atoms with E-state index in [-0.39, 0.29) is 0 Å². The highest BCUT2D eigenvalue weighted by Gasteiger charge is 2.23. The number of benzene rings is 7. The smallest absolute Gasteiger partial charge is 0.164 e. The molecule has 0 radical (unpaired) electrons. The summed E-state index contributed by atoms with van der Waals surface area (Å²) in [6.07, 6.45) is 0. The van der Waals surface area contributed by atoms with Gasteiger partial charge in [0, 0.05) is 49.4 Å². The molecule has 0 fully saturated rings. The van der Waals surface area contributed by atoms with E-state index in [1.165, 1.54) is 0 Å². The summed E-state index contributed by atoms with van der Waals surface area (Å²) < 4.78 is 13.0. The predicted octanol–water partition coefficient (Wildman–Crippen LogP) is 12.0. The minimum absolute atomic E-state index is 0.576. The molecule has 0 saturated heterocycles. The molecule has 10 rings (SSSR count). The quantitative estimate of drug-likeness (QED) is 0.187. The minimum Gasteiger partial charge on any atom is -0.456 e. The average molecular weight is 642 g/mol. The Hall–Kier alpha value is -6.85. The number of para-hydroxylation sites is 3. The second-order valence-electron chi connectivity index (χ2n) is 12.4. The number of hydrogen-bond acceptors (Lipinski definition) is 5. The van der Waals surface area contributed by atoms with Crippen LogP contribution in [0.4, 0.5) is 0 Å². The summed E-state index contributed by atoms with van der Waals surface area (Å²) in [5.41, 5.74) is 10.0. The molecule has 0 unspecified atom stereocenters. The van der Waals surface area contributed by atoms with Crippen molar-refractivity contribution in [2.75, 3.05) is 0 Å². The second kappa shape index (κ2) is 11.4. The molecule has 3 aromatic heterocycles. The standard InChI is InChI=1S/C45H27N3O2/c1-3-13-28(14-4-1)43-46-44(29-15-5-2-6-16-29)48-45(47-43)37-22-11-19-31(30-25-26-34-32-17-7-9-23-38(32)49-40(34)27-30)41(37)36-21-12-20-35-33-18-8-10-24-39(33)50-42(35)36/h1-27H. The summed E-state index contributed by atoms with van der Waals surface area (Å²) in [5, 5.41) is 4.31. The van der Waals surface area contributed by atoms with E-state index in [9.17, 15) is 0 Å². The topological polar surface area (TPSA) is 65.0 Å². The number of furan rings is 2. The first kappa shape index (κ1) is 28.2. The van der Waals surface area contributed by atoms with Gasteiger partial charge in [-0.3, -0.25) is 0 Å². The Morgan fingerprint density at radius 2 is 0.840 bits per heavy atom. The fourth-order valence-electron chi connectivity index (χ4n) is 7.04. The summed E-state index contributed by atoms with van der Waals surface area (Å²) in [6, 6.07) is 55.6. The van der Waals surface area contributed by atoms with Gasteiger partial charge in [0.25, 0.3) is 0 Å². The predicted molar refractivity (Wildman–Crippen MR) is 202 cm³/mol. The van der Waals surface area contributed by atoms with Gasteiger partial charge in [0.15, 0.2) is 17.5 Å². The van der Waals surface area contributed by atoms with Gasteiger partial charge in [-0.25, -0.2) is 15.0 Å². The van der Waals surface area contributed by atoms with Crippen LogP contribution in [0.3, 0.4) is 0 Å². The van der Waals surface area contributed by atoms with Crippen LogP contribution in [0.15, 0.2) is 173 Å². The highest BCUT2D eigenvalue weighted by Crippen LogP contribution is 2.45. The van der Waals surface area contributed by atoms with E-state index in [0.29, 0.717) is 17.5 Å². The maximum Gasteiger partial charge on any atom is 0.164 e. The summed E-state index contributed by atoms with van der Waals surface area (Å²) in [5.74, 6) is 1.79. The van der Waals surface area contributed by atoms with Crippen LogP contribution in [0.1, 0.15) is 0 Å². The van der Waals surface area contributed by atoms with Gasteiger partial charge in [-0.1, -0.05) is 140 Å². The lowest BCUT2D eigenvalue weighted by molar-refractivity contribution is 0.669. The molecule has 0 aliphatic heterocycles. The molecule has 0 aliphatic carbocycles. The molecular formula is C45H27N3O2. The van der Waals surface area contributed by atoms with Crippen molar-refractivity contribution in [3.8, 4) is 56.4 Å². The number of rotatable bonds is 5. The lowest BCUT2D eigenvalue weighted by atomic mass is 9.89. The van der Waals surface area contributed by atoms with Crippen molar-refractivity contribution in [1.82, 2.24) is 15.0 Å². The van der Waals surface area contributed by atoms with E-state index < -0.39 is 0 Å². The Bertz CT molecular complexity index is 2810. The van der Waals surface area contributed by atoms with Gasteiger partial charge in [-0.15, -0.1) is 0 Å². The van der Waals surface area contributed by atoms with Gasteiger partial charge in [0.2, 0.25) is 0 Å². The molecule has 0 spiro atoms. The first-order chi connectivity index (χ1) is 24.8. The van der Waals surface area contributed by atoms with E-state index in [2.05, 4.69) is 66.7 Å². The summed E-state index contributed by atoms with van der Waals surface area (Å²) >= 11 is 0. The molecule has 3 heterocycles.